The summed E-state index contributed by atoms with van der Waals surface area (Å²) >= 11 is 0. The van der Waals surface area contributed by atoms with Gasteiger partial charge in [-0.3, -0.25) is 9.59 Å². The monoisotopic (exact) mass is 188 g/mol. The van der Waals surface area contributed by atoms with Crippen LogP contribution in [0, 0.1) is 11.8 Å². The van der Waals surface area contributed by atoms with Crippen molar-refractivity contribution in [3.63, 3.8) is 0 Å². The van der Waals surface area contributed by atoms with E-state index in [1.165, 1.54) is 6.92 Å². The van der Waals surface area contributed by atoms with Crippen LogP contribution in [0.25, 0.3) is 0 Å². The van der Waals surface area contributed by atoms with Crippen LogP contribution in [0.2, 0.25) is 0 Å². The van der Waals surface area contributed by atoms with Crippen molar-refractivity contribution < 1.29 is 19.4 Å². The summed E-state index contributed by atoms with van der Waals surface area (Å²) in [6, 6.07) is 0. The summed E-state index contributed by atoms with van der Waals surface area (Å²) in [5, 5.41) is 8.63. The fraction of sp³-hybridized carbons (Fsp3) is 0.778. The lowest BCUT2D eigenvalue weighted by atomic mass is 9.96. The first-order chi connectivity index (χ1) is 5.86. The molecule has 0 aromatic heterocycles. The number of hydrogen-bond donors (Lipinski definition) is 1. The molecule has 13 heavy (non-hydrogen) atoms. The number of carboxylic acids is 1. The first kappa shape index (κ1) is 11.9. The van der Waals surface area contributed by atoms with Gasteiger partial charge in [0.2, 0.25) is 0 Å². The molecule has 0 heterocycles. The molecule has 0 bridgehead atoms. The van der Waals surface area contributed by atoms with E-state index in [1.807, 2.05) is 0 Å². The molecular weight excluding hydrogens is 172 g/mol. The maximum absolute atomic E-state index is 11.2. The van der Waals surface area contributed by atoms with Crippen molar-refractivity contribution in [2.24, 2.45) is 11.8 Å². The van der Waals surface area contributed by atoms with Gasteiger partial charge in [0, 0.05) is 0 Å². The van der Waals surface area contributed by atoms with Gasteiger partial charge in [-0.15, -0.1) is 0 Å². The summed E-state index contributed by atoms with van der Waals surface area (Å²) in [5.74, 6) is -2.73. The predicted octanol–water partition coefficient (Wildman–Crippen LogP) is 1.29. The van der Waals surface area contributed by atoms with E-state index in [9.17, 15) is 9.59 Å². The van der Waals surface area contributed by atoms with Gasteiger partial charge in [-0.1, -0.05) is 13.8 Å². The topological polar surface area (TPSA) is 63.6 Å². The van der Waals surface area contributed by atoms with Gasteiger partial charge in [0.15, 0.2) is 0 Å². The first-order valence-electron chi connectivity index (χ1n) is 4.29. The maximum atomic E-state index is 11.2. The van der Waals surface area contributed by atoms with E-state index in [0.717, 1.165) is 0 Å². The summed E-state index contributed by atoms with van der Waals surface area (Å²) in [7, 11) is 0. The van der Waals surface area contributed by atoms with Crippen LogP contribution >= 0.6 is 0 Å². The summed E-state index contributed by atoms with van der Waals surface area (Å²) < 4.78 is 4.88. The van der Waals surface area contributed by atoms with Crippen molar-refractivity contribution in [3.8, 4) is 0 Å². The second-order valence-electron chi connectivity index (χ2n) is 3.40. The van der Waals surface area contributed by atoms with Crippen LogP contribution in [0.1, 0.15) is 27.7 Å². The molecule has 0 spiro atoms. The van der Waals surface area contributed by atoms with Crippen molar-refractivity contribution in [1.29, 1.82) is 0 Å². The van der Waals surface area contributed by atoms with Crippen LogP contribution in [0.4, 0.5) is 0 Å². The van der Waals surface area contributed by atoms with Gasteiger partial charge in [0.05, 0.1) is 17.9 Å². The van der Waals surface area contributed by atoms with Crippen LogP contribution in [0.3, 0.4) is 0 Å². The Morgan fingerprint density at radius 1 is 1.08 bits per heavy atom. The number of esters is 1. The third kappa shape index (κ3) is 3.92. The molecule has 4 nitrogen and oxygen atoms in total. The Hall–Kier alpha value is -1.06. The highest BCUT2D eigenvalue weighted by Gasteiger charge is 2.27. The third-order valence-corrected chi connectivity index (χ3v) is 1.86. The van der Waals surface area contributed by atoms with Crippen LogP contribution < -0.4 is 0 Å². The Morgan fingerprint density at radius 2 is 1.54 bits per heavy atom. The maximum Gasteiger partial charge on any atom is 0.309 e. The predicted molar refractivity (Wildman–Crippen MR) is 47.2 cm³/mol. The highest BCUT2D eigenvalue weighted by atomic mass is 16.5. The minimum Gasteiger partial charge on any atom is -0.481 e. The largest absolute Gasteiger partial charge is 0.481 e. The molecule has 0 saturated heterocycles. The SMILES string of the molecule is CC(C)OC(=O)C(C)C(C)C(=O)O. The summed E-state index contributed by atoms with van der Waals surface area (Å²) in [5.41, 5.74) is 0. The standard InChI is InChI=1S/C9H16O4/c1-5(2)13-9(12)7(4)6(3)8(10)11/h5-7H,1-4H3,(H,10,11). The highest BCUT2D eigenvalue weighted by molar-refractivity contribution is 5.80. The number of carboxylic acid groups (broad SMARTS) is 1. The number of ether oxygens (including phenoxy) is 1. The number of aliphatic carboxylic acids is 1. The van der Waals surface area contributed by atoms with Crippen LogP contribution in [0.15, 0.2) is 0 Å². The van der Waals surface area contributed by atoms with E-state index < -0.39 is 23.8 Å². The lowest BCUT2D eigenvalue weighted by molar-refractivity contribution is -0.159. The number of rotatable bonds is 4. The Morgan fingerprint density at radius 3 is 1.85 bits per heavy atom. The quantitative estimate of drug-likeness (QED) is 0.675. The van der Waals surface area contributed by atoms with E-state index in [1.54, 1.807) is 20.8 Å². The van der Waals surface area contributed by atoms with Crippen LogP contribution in [0.5, 0.6) is 0 Å². The molecule has 76 valence electrons. The normalized spacial score (nSPS) is 15.2. The van der Waals surface area contributed by atoms with Crippen molar-refractivity contribution in [2.45, 2.75) is 33.8 Å². The Balaban J connectivity index is 4.17. The van der Waals surface area contributed by atoms with Gasteiger partial charge < -0.3 is 9.84 Å². The van der Waals surface area contributed by atoms with Gasteiger partial charge in [-0.05, 0) is 13.8 Å². The molecule has 0 aliphatic rings. The summed E-state index contributed by atoms with van der Waals surface area (Å²) in [4.78, 5) is 21.7. The second-order valence-corrected chi connectivity index (χ2v) is 3.40. The molecule has 0 fully saturated rings. The fourth-order valence-corrected chi connectivity index (χ4v) is 0.758. The van der Waals surface area contributed by atoms with Gasteiger partial charge in [0.1, 0.15) is 0 Å². The molecule has 0 saturated carbocycles. The Bertz CT molecular complexity index is 198. The molecular formula is C9H16O4. The zero-order valence-electron chi connectivity index (χ0n) is 8.40. The highest BCUT2D eigenvalue weighted by Crippen LogP contribution is 2.13. The van der Waals surface area contributed by atoms with Crippen molar-refractivity contribution in [3.05, 3.63) is 0 Å². The lowest BCUT2D eigenvalue weighted by Crippen LogP contribution is -2.28. The Kier molecular flexibility index (Phi) is 4.45. The molecule has 0 aliphatic carbocycles. The molecule has 4 heteroatoms. The smallest absolute Gasteiger partial charge is 0.309 e. The molecule has 0 rings (SSSR count). The molecule has 0 aromatic carbocycles. The van der Waals surface area contributed by atoms with E-state index in [2.05, 4.69) is 0 Å². The molecule has 0 aliphatic heterocycles. The zero-order chi connectivity index (χ0) is 10.6. The van der Waals surface area contributed by atoms with E-state index in [4.69, 9.17) is 9.84 Å². The molecule has 2 unspecified atom stereocenters. The summed E-state index contributed by atoms with van der Waals surface area (Å²) in [6.45, 7) is 6.52. The summed E-state index contributed by atoms with van der Waals surface area (Å²) in [6.07, 6.45) is -0.198. The number of carbonyl (C=O) groups excluding carboxylic acids is 1. The lowest BCUT2D eigenvalue weighted by Gasteiger charge is -2.16. The number of hydrogen-bond acceptors (Lipinski definition) is 3. The van der Waals surface area contributed by atoms with Gasteiger partial charge in [-0.25, -0.2) is 0 Å². The average molecular weight is 188 g/mol. The van der Waals surface area contributed by atoms with Gasteiger partial charge >= 0.3 is 11.9 Å². The molecule has 0 aromatic rings. The average Bonchev–Trinajstić information content (AvgIpc) is 2.00. The van der Waals surface area contributed by atoms with Crippen molar-refractivity contribution in [1.82, 2.24) is 0 Å². The van der Waals surface area contributed by atoms with Crippen molar-refractivity contribution in [2.75, 3.05) is 0 Å². The molecule has 0 amide bonds. The van der Waals surface area contributed by atoms with Crippen LogP contribution in [-0.4, -0.2) is 23.1 Å². The molecule has 2 atom stereocenters. The number of carbonyl (C=O) groups is 2. The van der Waals surface area contributed by atoms with Crippen molar-refractivity contribution >= 4 is 11.9 Å². The van der Waals surface area contributed by atoms with E-state index >= 15 is 0 Å². The Labute approximate surface area is 77.9 Å². The third-order valence-electron chi connectivity index (χ3n) is 1.86. The zero-order valence-corrected chi connectivity index (χ0v) is 8.40. The fourth-order valence-electron chi connectivity index (χ4n) is 0.758. The van der Waals surface area contributed by atoms with Gasteiger partial charge in [-0.2, -0.15) is 0 Å². The van der Waals surface area contributed by atoms with Gasteiger partial charge in [0.25, 0.3) is 0 Å². The minimum absolute atomic E-state index is 0.198. The van der Waals surface area contributed by atoms with E-state index in [-0.39, 0.29) is 6.10 Å². The van der Waals surface area contributed by atoms with Crippen LogP contribution in [-0.2, 0) is 14.3 Å². The van der Waals surface area contributed by atoms with E-state index in [0.29, 0.717) is 0 Å². The second kappa shape index (κ2) is 4.84. The molecule has 0 radical (unpaired) electrons. The molecule has 1 N–H and O–H groups in total. The minimum atomic E-state index is -0.979. The first-order valence-corrected chi connectivity index (χ1v) is 4.29.